The summed E-state index contributed by atoms with van der Waals surface area (Å²) in [4.78, 5) is 4.24. The number of hydrogen-bond donors (Lipinski definition) is 2. The first kappa shape index (κ1) is 19.8. The Morgan fingerprint density at radius 1 is 1.00 bits per heavy atom. The summed E-state index contributed by atoms with van der Waals surface area (Å²) in [6, 6.07) is 18.3. The zero-order chi connectivity index (χ0) is 18.5. The van der Waals surface area contributed by atoms with Gasteiger partial charge in [0.15, 0.2) is 5.96 Å². The highest BCUT2D eigenvalue weighted by molar-refractivity contribution is 5.79. The Bertz CT molecular complexity index is 659. The molecule has 0 unspecified atom stereocenters. The highest BCUT2D eigenvalue weighted by Crippen LogP contribution is 2.15. The van der Waals surface area contributed by atoms with Crippen LogP contribution in [0.5, 0.6) is 5.75 Å². The molecule has 0 radical (unpaired) electrons. The van der Waals surface area contributed by atoms with Crippen LogP contribution in [0.1, 0.15) is 24.5 Å². The molecule has 0 saturated heterocycles. The van der Waals surface area contributed by atoms with Crippen LogP contribution in [-0.4, -0.2) is 32.8 Å². The van der Waals surface area contributed by atoms with Crippen molar-refractivity contribution in [3.05, 3.63) is 65.7 Å². The van der Waals surface area contributed by atoms with Gasteiger partial charge in [0.2, 0.25) is 0 Å². The van der Waals surface area contributed by atoms with Crippen molar-refractivity contribution in [2.24, 2.45) is 4.99 Å². The van der Waals surface area contributed by atoms with Crippen molar-refractivity contribution in [1.29, 1.82) is 0 Å². The molecule has 0 spiro atoms. The quantitative estimate of drug-likeness (QED) is 0.390. The van der Waals surface area contributed by atoms with Gasteiger partial charge in [0.05, 0.1) is 0 Å². The molecule has 2 N–H and O–H groups in total. The molecule has 0 heterocycles. The van der Waals surface area contributed by atoms with E-state index < -0.39 is 0 Å². The molecule has 0 aliphatic rings. The zero-order valence-electron chi connectivity index (χ0n) is 15.7. The summed E-state index contributed by atoms with van der Waals surface area (Å²) in [7, 11) is 1.78. The third-order valence-corrected chi connectivity index (χ3v) is 3.79. The standard InChI is InChI=1S/C21H29N3O2/c1-3-25-14-8-13-23-21(22-2)24-16-19-11-7-12-20(15-19)26-17-18-9-5-4-6-10-18/h4-7,9-12,15H,3,8,13-14,16-17H2,1-2H3,(H2,22,23,24). The lowest BCUT2D eigenvalue weighted by Gasteiger charge is -2.13. The summed E-state index contributed by atoms with van der Waals surface area (Å²) >= 11 is 0. The lowest BCUT2D eigenvalue weighted by molar-refractivity contribution is 0.145. The topological polar surface area (TPSA) is 54.9 Å². The molecule has 0 aromatic heterocycles. The van der Waals surface area contributed by atoms with Gasteiger partial charge in [0, 0.05) is 33.4 Å². The summed E-state index contributed by atoms with van der Waals surface area (Å²) < 4.78 is 11.2. The van der Waals surface area contributed by atoms with E-state index in [4.69, 9.17) is 9.47 Å². The van der Waals surface area contributed by atoms with E-state index >= 15 is 0 Å². The Balaban J connectivity index is 1.76. The molecule has 0 aliphatic heterocycles. The molecule has 2 rings (SSSR count). The molecule has 2 aromatic rings. The van der Waals surface area contributed by atoms with Gasteiger partial charge in [-0.25, -0.2) is 0 Å². The minimum atomic E-state index is 0.570. The Labute approximate surface area is 156 Å². The molecule has 0 aliphatic carbocycles. The first-order valence-corrected chi connectivity index (χ1v) is 9.09. The van der Waals surface area contributed by atoms with E-state index in [1.54, 1.807) is 7.05 Å². The maximum atomic E-state index is 5.88. The van der Waals surface area contributed by atoms with Gasteiger partial charge >= 0.3 is 0 Å². The number of hydrogen-bond acceptors (Lipinski definition) is 3. The Kier molecular flexibility index (Phi) is 9.08. The molecule has 26 heavy (non-hydrogen) atoms. The fraction of sp³-hybridized carbons (Fsp3) is 0.381. The van der Waals surface area contributed by atoms with Gasteiger partial charge in [0.1, 0.15) is 12.4 Å². The third-order valence-electron chi connectivity index (χ3n) is 3.79. The Hall–Kier alpha value is -2.53. The van der Waals surface area contributed by atoms with E-state index in [2.05, 4.69) is 39.9 Å². The summed E-state index contributed by atoms with van der Waals surface area (Å²) in [6.45, 7) is 5.62. The van der Waals surface area contributed by atoms with Crippen LogP contribution in [0.3, 0.4) is 0 Å². The fourth-order valence-electron chi connectivity index (χ4n) is 2.42. The average molecular weight is 355 g/mol. The molecule has 0 fully saturated rings. The van der Waals surface area contributed by atoms with E-state index in [0.717, 1.165) is 49.0 Å². The van der Waals surface area contributed by atoms with E-state index in [9.17, 15) is 0 Å². The fourth-order valence-corrected chi connectivity index (χ4v) is 2.42. The minimum Gasteiger partial charge on any atom is -0.489 e. The highest BCUT2D eigenvalue weighted by Gasteiger charge is 2.01. The summed E-state index contributed by atoms with van der Waals surface area (Å²) in [5.41, 5.74) is 2.31. The third kappa shape index (κ3) is 7.57. The number of nitrogens with one attached hydrogen (secondary N) is 2. The van der Waals surface area contributed by atoms with Crippen LogP contribution in [0.15, 0.2) is 59.6 Å². The molecule has 5 heteroatoms. The molecular formula is C21H29N3O2. The predicted molar refractivity (Wildman–Crippen MR) is 107 cm³/mol. The van der Waals surface area contributed by atoms with Gasteiger partial charge in [-0.3, -0.25) is 4.99 Å². The number of ether oxygens (including phenoxy) is 2. The number of rotatable bonds is 10. The van der Waals surface area contributed by atoms with Crippen LogP contribution >= 0.6 is 0 Å². The summed E-state index contributed by atoms with van der Waals surface area (Å²) in [5.74, 6) is 1.66. The van der Waals surface area contributed by atoms with Crippen LogP contribution in [0.4, 0.5) is 0 Å². The van der Waals surface area contributed by atoms with Gasteiger partial charge in [0.25, 0.3) is 0 Å². The first-order valence-electron chi connectivity index (χ1n) is 9.09. The van der Waals surface area contributed by atoms with Crippen molar-refractivity contribution in [3.8, 4) is 5.75 Å². The lowest BCUT2D eigenvalue weighted by atomic mass is 10.2. The normalized spacial score (nSPS) is 11.2. The van der Waals surface area contributed by atoms with E-state index in [-0.39, 0.29) is 0 Å². The average Bonchev–Trinajstić information content (AvgIpc) is 2.69. The van der Waals surface area contributed by atoms with Gasteiger partial charge in [-0.15, -0.1) is 0 Å². The second kappa shape index (κ2) is 11.9. The van der Waals surface area contributed by atoms with E-state index in [0.29, 0.717) is 13.2 Å². The number of aliphatic imine (C=N–C) groups is 1. The molecule has 0 saturated carbocycles. The van der Waals surface area contributed by atoms with Crippen LogP contribution < -0.4 is 15.4 Å². The second-order valence-corrected chi connectivity index (χ2v) is 5.82. The molecule has 0 bridgehead atoms. The highest BCUT2D eigenvalue weighted by atomic mass is 16.5. The van der Waals surface area contributed by atoms with Gasteiger partial charge in [-0.1, -0.05) is 42.5 Å². The summed E-state index contributed by atoms with van der Waals surface area (Å²) in [6.07, 6.45) is 0.956. The van der Waals surface area contributed by atoms with Gasteiger partial charge in [-0.05, 0) is 36.6 Å². The molecule has 0 atom stereocenters. The summed E-state index contributed by atoms with van der Waals surface area (Å²) in [5, 5.41) is 6.61. The largest absolute Gasteiger partial charge is 0.489 e. The van der Waals surface area contributed by atoms with Crippen molar-refractivity contribution in [2.75, 3.05) is 26.8 Å². The first-order chi connectivity index (χ1) is 12.8. The SMILES string of the molecule is CCOCCCNC(=NC)NCc1cccc(OCc2ccccc2)c1. The zero-order valence-corrected chi connectivity index (χ0v) is 15.7. The Morgan fingerprint density at radius 2 is 1.81 bits per heavy atom. The van der Waals surface area contributed by atoms with Crippen LogP contribution in [-0.2, 0) is 17.9 Å². The maximum absolute atomic E-state index is 5.88. The van der Waals surface area contributed by atoms with Crippen LogP contribution in [0.25, 0.3) is 0 Å². The number of guanidine groups is 1. The van der Waals surface area contributed by atoms with Crippen molar-refractivity contribution in [2.45, 2.75) is 26.5 Å². The van der Waals surface area contributed by atoms with Crippen molar-refractivity contribution >= 4 is 5.96 Å². The van der Waals surface area contributed by atoms with Crippen molar-refractivity contribution < 1.29 is 9.47 Å². The van der Waals surface area contributed by atoms with E-state index in [1.165, 1.54) is 0 Å². The smallest absolute Gasteiger partial charge is 0.191 e. The predicted octanol–water partition coefficient (Wildman–Crippen LogP) is 3.36. The lowest BCUT2D eigenvalue weighted by Crippen LogP contribution is -2.37. The van der Waals surface area contributed by atoms with Crippen LogP contribution in [0.2, 0.25) is 0 Å². The molecular weight excluding hydrogens is 326 g/mol. The van der Waals surface area contributed by atoms with Gasteiger partial charge < -0.3 is 20.1 Å². The number of nitrogens with zero attached hydrogens (tertiary/aromatic N) is 1. The molecule has 0 amide bonds. The number of benzene rings is 2. The molecule has 2 aromatic carbocycles. The minimum absolute atomic E-state index is 0.570. The molecule has 140 valence electrons. The maximum Gasteiger partial charge on any atom is 0.191 e. The molecule has 5 nitrogen and oxygen atoms in total. The monoisotopic (exact) mass is 355 g/mol. The van der Waals surface area contributed by atoms with Crippen LogP contribution in [0, 0.1) is 0 Å². The second-order valence-electron chi connectivity index (χ2n) is 5.82. The van der Waals surface area contributed by atoms with Crippen molar-refractivity contribution in [1.82, 2.24) is 10.6 Å². The van der Waals surface area contributed by atoms with E-state index in [1.807, 2.05) is 37.3 Å². The Morgan fingerprint density at radius 3 is 2.58 bits per heavy atom. The van der Waals surface area contributed by atoms with Gasteiger partial charge in [-0.2, -0.15) is 0 Å². The van der Waals surface area contributed by atoms with Crippen molar-refractivity contribution in [3.63, 3.8) is 0 Å².